The van der Waals surface area contributed by atoms with Crippen LogP contribution in [0.2, 0.25) is 0 Å². The second-order valence-electron chi connectivity index (χ2n) is 13.5. The Balaban J connectivity index is 1.00. The Morgan fingerprint density at radius 3 is 1.96 bits per heavy atom. The summed E-state index contributed by atoms with van der Waals surface area (Å²) in [6.45, 7) is 0. The normalized spacial score (nSPS) is 11.7. The first-order valence-corrected chi connectivity index (χ1v) is 18.8. The fraction of sp³-hybridized carbons (Fsp3) is 0. The molecule has 0 saturated carbocycles. The topological polar surface area (TPSA) is 42.4 Å². The number of anilines is 3. The number of rotatable bonds is 6. The van der Waals surface area contributed by atoms with Crippen molar-refractivity contribution in [2.75, 3.05) is 4.90 Å². The van der Waals surface area contributed by atoms with Crippen LogP contribution in [0.25, 0.3) is 86.9 Å². The number of hydrogen-bond donors (Lipinski definition) is 0. The van der Waals surface area contributed by atoms with Crippen LogP contribution in [-0.2, 0) is 0 Å². The standard InChI is InChI=1S/C49H30N2O2S/c1-2-10-31(11-3-1)34-12-8-13-37(30-34)51(35-24-20-32(21-25-35)38-16-9-17-40-39-14-5-7-19-45(39)54-48(38)40)36-26-22-33(23-27-36)49-50-42-28-29-44-46(47(42)53-49)41-15-4-6-18-43(41)52-44/h1-30H. The van der Waals surface area contributed by atoms with E-state index in [0.717, 1.165) is 61.2 Å². The van der Waals surface area contributed by atoms with Crippen LogP contribution in [0.3, 0.4) is 0 Å². The average Bonchev–Trinajstić information content (AvgIpc) is 3.95. The van der Waals surface area contributed by atoms with Gasteiger partial charge in [0.25, 0.3) is 0 Å². The van der Waals surface area contributed by atoms with Gasteiger partial charge < -0.3 is 13.7 Å². The summed E-state index contributed by atoms with van der Waals surface area (Å²) in [4.78, 5) is 7.22. The second-order valence-corrected chi connectivity index (χ2v) is 14.6. The van der Waals surface area contributed by atoms with Crippen molar-refractivity contribution >= 4 is 81.6 Å². The maximum Gasteiger partial charge on any atom is 0.227 e. The maximum absolute atomic E-state index is 6.49. The molecule has 0 spiro atoms. The van der Waals surface area contributed by atoms with E-state index in [1.54, 1.807) is 0 Å². The highest BCUT2D eigenvalue weighted by atomic mass is 32.1. The number of furan rings is 1. The van der Waals surface area contributed by atoms with Gasteiger partial charge >= 0.3 is 0 Å². The third-order valence-corrected chi connectivity index (χ3v) is 11.5. The molecule has 0 bridgehead atoms. The van der Waals surface area contributed by atoms with Crippen LogP contribution < -0.4 is 4.90 Å². The minimum absolute atomic E-state index is 0.576. The Morgan fingerprint density at radius 2 is 1.13 bits per heavy atom. The van der Waals surface area contributed by atoms with E-state index in [1.165, 1.54) is 36.9 Å². The molecule has 11 aromatic rings. The van der Waals surface area contributed by atoms with Gasteiger partial charge in [-0.05, 0) is 95.1 Å². The lowest BCUT2D eigenvalue weighted by Crippen LogP contribution is -2.10. The summed E-state index contributed by atoms with van der Waals surface area (Å²) in [6.07, 6.45) is 0. The van der Waals surface area contributed by atoms with E-state index in [2.05, 4.69) is 157 Å². The Hall–Kier alpha value is -6.95. The molecule has 0 atom stereocenters. The summed E-state index contributed by atoms with van der Waals surface area (Å²) in [6, 6.07) is 64.0. The van der Waals surface area contributed by atoms with Crippen molar-refractivity contribution in [3.05, 3.63) is 182 Å². The molecule has 0 amide bonds. The highest BCUT2D eigenvalue weighted by molar-refractivity contribution is 7.26. The van der Waals surface area contributed by atoms with Crippen molar-refractivity contribution in [2.45, 2.75) is 0 Å². The van der Waals surface area contributed by atoms with Crippen LogP contribution in [0.5, 0.6) is 0 Å². The van der Waals surface area contributed by atoms with E-state index in [4.69, 9.17) is 13.8 Å². The van der Waals surface area contributed by atoms with Crippen LogP contribution >= 0.6 is 11.3 Å². The van der Waals surface area contributed by atoms with E-state index in [9.17, 15) is 0 Å². The van der Waals surface area contributed by atoms with Gasteiger partial charge in [0, 0.05) is 48.2 Å². The van der Waals surface area contributed by atoms with Crippen LogP contribution in [0.15, 0.2) is 191 Å². The zero-order chi connectivity index (χ0) is 35.6. The summed E-state index contributed by atoms with van der Waals surface area (Å²) in [5, 5.41) is 4.59. The first-order chi connectivity index (χ1) is 26.7. The van der Waals surface area contributed by atoms with Gasteiger partial charge in [-0.15, -0.1) is 11.3 Å². The van der Waals surface area contributed by atoms with Crippen molar-refractivity contribution < 1.29 is 8.83 Å². The van der Waals surface area contributed by atoms with Gasteiger partial charge in [0.2, 0.25) is 5.89 Å². The van der Waals surface area contributed by atoms with E-state index < -0.39 is 0 Å². The number of nitrogens with zero attached hydrogens (tertiary/aromatic N) is 2. The van der Waals surface area contributed by atoms with Gasteiger partial charge in [-0.25, -0.2) is 4.98 Å². The van der Waals surface area contributed by atoms with Gasteiger partial charge in [0.1, 0.15) is 16.7 Å². The molecule has 0 aliphatic heterocycles. The Labute approximate surface area is 314 Å². The predicted octanol–water partition coefficient (Wildman–Crippen LogP) is 14.6. The molecule has 0 N–H and O–H groups in total. The molecule has 0 aliphatic carbocycles. The monoisotopic (exact) mass is 710 g/mol. The second kappa shape index (κ2) is 12.3. The Morgan fingerprint density at radius 1 is 0.444 bits per heavy atom. The summed E-state index contributed by atoms with van der Waals surface area (Å²) < 4.78 is 15.2. The summed E-state index contributed by atoms with van der Waals surface area (Å²) in [5.74, 6) is 0.576. The first kappa shape index (κ1) is 30.7. The Bertz CT molecular complexity index is 3160. The van der Waals surface area contributed by atoms with E-state index in [-0.39, 0.29) is 0 Å². The molecule has 4 nitrogen and oxygen atoms in total. The number of aromatic nitrogens is 1. The molecule has 8 aromatic carbocycles. The molecule has 3 heterocycles. The number of para-hydroxylation sites is 1. The van der Waals surface area contributed by atoms with Gasteiger partial charge in [-0.2, -0.15) is 0 Å². The van der Waals surface area contributed by atoms with Crippen molar-refractivity contribution in [1.29, 1.82) is 0 Å². The van der Waals surface area contributed by atoms with Crippen LogP contribution in [0.4, 0.5) is 17.1 Å². The first-order valence-electron chi connectivity index (χ1n) is 18.0. The Kier molecular flexibility index (Phi) is 7.00. The predicted molar refractivity (Wildman–Crippen MR) is 225 cm³/mol. The molecule has 0 aliphatic rings. The fourth-order valence-electron chi connectivity index (χ4n) is 7.74. The zero-order valence-corrected chi connectivity index (χ0v) is 29.8. The summed E-state index contributed by atoms with van der Waals surface area (Å²) in [7, 11) is 0. The number of hydrogen-bond acceptors (Lipinski definition) is 5. The van der Waals surface area contributed by atoms with Crippen molar-refractivity contribution in [1.82, 2.24) is 4.98 Å². The smallest absolute Gasteiger partial charge is 0.227 e. The van der Waals surface area contributed by atoms with Crippen molar-refractivity contribution in [3.8, 4) is 33.7 Å². The molecule has 254 valence electrons. The molecule has 0 unspecified atom stereocenters. The quantitative estimate of drug-likeness (QED) is 0.172. The van der Waals surface area contributed by atoms with Crippen molar-refractivity contribution in [3.63, 3.8) is 0 Å². The third kappa shape index (κ3) is 5.01. The largest absolute Gasteiger partial charge is 0.456 e. The molecule has 0 fully saturated rings. The molecule has 3 aromatic heterocycles. The molecule has 11 rings (SSSR count). The number of benzene rings is 8. The minimum atomic E-state index is 0.576. The molecule has 5 heteroatoms. The van der Waals surface area contributed by atoms with Crippen LogP contribution in [-0.4, -0.2) is 4.98 Å². The van der Waals surface area contributed by atoms with Crippen molar-refractivity contribution in [2.24, 2.45) is 0 Å². The van der Waals surface area contributed by atoms with E-state index >= 15 is 0 Å². The molecule has 0 saturated heterocycles. The minimum Gasteiger partial charge on any atom is -0.456 e. The third-order valence-electron chi connectivity index (χ3n) is 10.3. The summed E-state index contributed by atoms with van der Waals surface area (Å²) in [5.41, 5.74) is 12.0. The number of thiophene rings is 1. The van der Waals surface area contributed by atoms with E-state index in [1.807, 2.05) is 41.7 Å². The number of oxazole rings is 1. The average molecular weight is 711 g/mol. The molecular formula is C49H30N2O2S. The van der Waals surface area contributed by atoms with Gasteiger partial charge in [-0.1, -0.05) is 109 Å². The van der Waals surface area contributed by atoms with E-state index in [0.29, 0.717) is 5.89 Å². The van der Waals surface area contributed by atoms with Crippen LogP contribution in [0, 0.1) is 0 Å². The lowest BCUT2D eigenvalue weighted by molar-refractivity contribution is 0.622. The molecule has 54 heavy (non-hydrogen) atoms. The lowest BCUT2D eigenvalue weighted by atomic mass is 10.0. The lowest BCUT2D eigenvalue weighted by Gasteiger charge is -2.26. The highest BCUT2D eigenvalue weighted by Gasteiger charge is 2.19. The van der Waals surface area contributed by atoms with Crippen LogP contribution in [0.1, 0.15) is 0 Å². The van der Waals surface area contributed by atoms with Gasteiger partial charge in [0.15, 0.2) is 5.58 Å². The highest BCUT2D eigenvalue weighted by Crippen LogP contribution is 2.43. The molecular weight excluding hydrogens is 681 g/mol. The fourth-order valence-corrected chi connectivity index (χ4v) is 8.98. The SMILES string of the molecule is c1ccc(-c2cccc(N(c3ccc(-c4nc5ccc6oc7ccccc7c6c5o4)cc3)c3ccc(-c4cccc5c4sc4ccccc45)cc3)c2)cc1. The van der Waals surface area contributed by atoms with Gasteiger partial charge in [-0.3, -0.25) is 0 Å². The zero-order valence-electron chi connectivity index (χ0n) is 28.9. The maximum atomic E-state index is 6.49. The number of fused-ring (bicyclic) bond motifs is 8. The summed E-state index contributed by atoms with van der Waals surface area (Å²) >= 11 is 1.86. The van der Waals surface area contributed by atoms with Gasteiger partial charge in [0.05, 0.1) is 5.39 Å². The molecule has 0 radical (unpaired) electrons.